The molecule has 2 fully saturated rings. The van der Waals surface area contributed by atoms with E-state index in [-0.39, 0.29) is 11.8 Å². The van der Waals surface area contributed by atoms with E-state index in [1.54, 1.807) is 19.1 Å². The Balaban J connectivity index is 1.24. The minimum Gasteiger partial charge on any atom is -0.493 e. The minimum absolute atomic E-state index is 0.117. The lowest BCUT2D eigenvalue weighted by Crippen LogP contribution is -2.39. The molecule has 0 radical (unpaired) electrons. The van der Waals surface area contributed by atoms with Gasteiger partial charge in [-0.25, -0.2) is 0 Å². The number of nitrogens with zero attached hydrogens (tertiary/aromatic N) is 2. The number of amides is 2. The van der Waals surface area contributed by atoms with Gasteiger partial charge in [-0.1, -0.05) is 60.4 Å². The zero-order valence-corrected chi connectivity index (χ0v) is 22.4. The highest BCUT2D eigenvalue weighted by Crippen LogP contribution is 2.35. The molecule has 0 N–H and O–H groups in total. The van der Waals surface area contributed by atoms with Gasteiger partial charge in [0.2, 0.25) is 5.91 Å². The fourth-order valence-electron chi connectivity index (χ4n) is 4.67. The van der Waals surface area contributed by atoms with Gasteiger partial charge in [-0.05, 0) is 60.9 Å². The molecule has 2 aromatic rings. The molecule has 36 heavy (non-hydrogen) atoms. The zero-order valence-electron chi connectivity index (χ0n) is 20.8. The molecule has 0 aromatic heterocycles. The lowest BCUT2D eigenvalue weighted by atomic mass is 9.90. The molecule has 190 valence electrons. The Labute approximate surface area is 222 Å². The van der Waals surface area contributed by atoms with Crippen LogP contribution >= 0.6 is 24.0 Å². The van der Waals surface area contributed by atoms with Crippen molar-refractivity contribution in [3.63, 3.8) is 0 Å². The van der Waals surface area contributed by atoms with Crippen LogP contribution in [0.25, 0.3) is 6.08 Å². The molecule has 0 spiro atoms. The summed E-state index contributed by atoms with van der Waals surface area (Å²) in [5.74, 6) is 1.91. The summed E-state index contributed by atoms with van der Waals surface area (Å²) in [6.45, 7) is 2.07. The molecule has 2 aliphatic heterocycles. The van der Waals surface area contributed by atoms with E-state index in [1.165, 1.54) is 17.3 Å². The Hall–Kier alpha value is -2.84. The highest BCUT2D eigenvalue weighted by atomic mass is 32.2. The van der Waals surface area contributed by atoms with E-state index in [4.69, 9.17) is 21.7 Å². The van der Waals surface area contributed by atoms with Crippen molar-refractivity contribution in [1.82, 2.24) is 9.80 Å². The molecule has 2 amide bonds. The van der Waals surface area contributed by atoms with Gasteiger partial charge < -0.3 is 14.4 Å². The molecule has 0 bridgehead atoms. The zero-order chi connectivity index (χ0) is 25.5. The third-order valence-corrected chi connectivity index (χ3v) is 8.06. The summed E-state index contributed by atoms with van der Waals surface area (Å²) in [5, 5.41) is 0. The van der Waals surface area contributed by atoms with Crippen molar-refractivity contribution in [2.24, 2.45) is 5.92 Å². The van der Waals surface area contributed by atoms with Crippen LogP contribution in [-0.4, -0.2) is 59.8 Å². The summed E-state index contributed by atoms with van der Waals surface area (Å²) < 4.78 is 11.2. The highest BCUT2D eigenvalue weighted by Gasteiger charge is 2.32. The Morgan fingerprint density at radius 3 is 2.50 bits per heavy atom. The molecule has 2 saturated heterocycles. The summed E-state index contributed by atoms with van der Waals surface area (Å²) in [7, 11) is 3.16. The number of thioether (sulfide) groups is 1. The first-order valence-electron chi connectivity index (χ1n) is 12.3. The molecule has 8 heteroatoms. The van der Waals surface area contributed by atoms with Crippen molar-refractivity contribution in [1.29, 1.82) is 0 Å². The minimum atomic E-state index is -0.117. The number of hydrogen-bond donors (Lipinski definition) is 0. The van der Waals surface area contributed by atoms with Crippen LogP contribution in [0, 0.1) is 5.92 Å². The molecule has 2 aromatic carbocycles. The number of benzene rings is 2. The second-order valence-electron chi connectivity index (χ2n) is 9.07. The number of carbonyl (C=O) groups excluding carboxylic acids is 2. The standard InChI is InChI=1S/C28H32N2O4S2/c1-33-23-11-10-22(18-24(23)34-2)19-25-27(32)30(28(35)36-25)14-6-9-26(31)29-15-12-21(13-16-29)17-20-7-4-3-5-8-20/h3-5,7-8,10-11,18-19,21H,6,9,12-17H2,1-2H3/b25-19-. The number of thiocarbonyl (C=S) groups is 1. The number of hydrogen-bond acceptors (Lipinski definition) is 6. The van der Waals surface area contributed by atoms with Crippen LogP contribution in [0.1, 0.15) is 36.8 Å². The maximum absolute atomic E-state index is 13.0. The predicted molar refractivity (Wildman–Crippen MR) is 148 cm³/mol. The maximum Gasteiger partial charge on any atom is 0.266 e. The summed E-state index contributed by atoms with van der Waals surface area (Å²) in [5.41, 5.74) is 2.20. The van der Waals surface area contributed by atoms with Gasteiger partial charge in [-0.3, -0.25) is 14.5 Å². The van der Waals surface area contributed by atoms with Crippen LogP contribution in [0.2, 0.25) is 0 Å². The number of rotatable bonds is 9. The van der Waals surface area contributed by atoms with Gasteiger partial charge in [0.1, 0.15) is 4.32 Å². The lowest BCUT2D eigenvalue weighted by molar-refractivity contribution is -0.133. The molecule has 6 nitrogen and oxygen atoms in total. The van der Waals surface area contributed by atoms with E-state index in [1.807, 2.05) is 35.2 Å². The molecule has 0 unspecified atom stereocenters. The number of methoxy groups -OCH3 is 2. The molecule has 4 rings (SSSR count). The first-order chi connectivity index (χ1) is 17.5. The first kappa shape index (κ1) is 26.2. The van der Waals surface area contributed by atoms with Crippen molar-refractivity contribution >= 4 is 46.2 Å². The van der Waals surface area contributed by atoms with Gasteiger partial charge in [0, 0.05) is 26.1 Å². The van der Waals surface area contributed by atoms with Crippen LogP contribution in [-0.2, 0) is 16.0 Å². The molecule has 0 saturated carbocycles. The number of likely N-dealkylation sites (tertiary alicyclic amines) is 1. The molecule has 0 atom stereocenters. The third kappa shape index (κ3) is 6.48. The van der Waals surface area contributed by atoms with Crippen LogP contribution in [0.3, 0.4) is 0 Å². The second-order valence-corrected chi connectivity index (χ2v) is 10.7. The fourth-order valence-corrected chi connectivity index (χ4v) is 5.98. The third-order valence-electron chi connectivity index (χ3n) is 6.69. The van der Waals surface area contributed by atoms with Gasteiger partial charge in [-0.15, -0.1) is 0 Å². The van der Waals surface area contributed by atoms with Crippen molar-refractivity contribution in [2.45, 2.75) is 32.1 Å². The maximum atomic E-state index is 13.0. The van der Waals surface area contributed by atoms with Gasteiger partial charge in [0.05, 0.1) is 19.1 Å². The van der Waals surface area contributed by atoms with Gasteiger partial charge in [0.15, 0.2) is 11.5 Å². The number of ether oxygens (including phenoxy) is 2. The van der Waals surface area contributed by atoms with Crippen LogP contribution in [0.15, 0.2) is 53.4 Å². The number of carbonyl (C=O) groups is 2. The second kappa shape index (κ2) is 12.4. The summed E-state index contributed by atoms with van der Waals surface area (Å²) >= 11 is 6.75. The van der Waals surface area contributed by atoms with Crippen LogP contribution in [0.5, 0.6) is 11.5 Å². The Bertz CT molecular complexity index is 1130. The Morgan fingerprint density at radius 2 is 1.81 bits per heavy atom. The summed E-state index contributed by atoms with van der Waals surface area (Å²) in [6, 6.07) is 16.1. The highest BCUT2D eigenvalue weighted by molar-refractivity contribution is 8.26. The van der Waals surface area contributed by atoms with E-state index < -0.39 is 0 Å². The normalized spacial score (nSPS) is 17.7. The predicted octanol–water partition coefficient (Wildman–Crippen LogP) is 5.17. The van der Waals surface area contributed by atoms with E-state index in [0.717, 1.165) is 37.9 Å². The van der Waals surface area contributed by atoms with Crippen molar-refractivity contribution in [2.75, 3.05) is 33.9 Å². The van der Waals surface area contributed by atoms with Crippen molar-refractivity contribution in [3.05, 3.63) is 64.6 Å². The molecule has 2 heterocycles. The van der Waals surface area contributed by atoms with Crippen LogP contribution in [0.4, 0.5) is 0 Å². The SMILES string of the molecule is COc1ccc(/C=C2\SC(=S)N(CCCC(=O)N3CCC(Cc4ccccc4)CC3)C2=O)cc1OC. The van der Waals surface area contributed by atoms with E-state index in [0.29, 0.717) is 46.0 Å². The average Bonchev–Trinajstić information content (AvgIpc) is 3.16. The lowest BCUT2D eigenvalue weighted by Gasteiger charge is -2.32. The average molecular weight is 525 g/mol. The number of piperidine rings is 1. The van der Waals surface area contributed by atoms with Gasteiger partial charge in [-0.2, -0.15) is 0 Å². The molecular formula is C28H32N2O4S2. The molecule has 0 aliphatic carbocycles. The molecular weight excluding hydrogens is 492 g/mol. The van der Waals surface area contributed by atoms with Crippen LogP contribution < -0.4 is 9.47 Å². The quantitative estimate of drug-likeness (QED) is 0.333. The van der Waals surface area contributed by atoms with E-state index >= 15 is 0 Å². The fraction of sp³-hybridized carbons (Fsp3) is 0.393. The summed E-state index contributed by atoms with van der Waals surface area (Å²) in [4.78, 5) is 29.9. The monoisotopic (exact) mass is 524 g/mol. The topological polar surface area (TPSA) is 59.1 Å². The summed E-state index contributed by atoms with van der Waals surface area (Å²) in [6.07, 6.45) is 5.99. The van der Waals surface area contributed by atoms with Gasteiger partial charge in [0.25, 0.3) is 5.91 Å². The van der Waals surface area contributed by atoms with Crippen molar-refractivity contribution < 1.29 is 19.1 Å². The van der Waals surface area contributed by atoms with Gasteiger partial charge >= 0.3 is 0 Å². The first-order valence-corrected chi connectivity index (χ1v) is 13.5. The Kier molecular flexibility index (Phi) is 9.04. The van der Waals surface area contributed by atoms with E-state index in [9.17, 15) is 9.59 Å². The smallest absolute Gasteiger partial charge is 0.266 e. The Morgan fingerprint density at radius 1 is 1.08 bits per heavy atom. The van der Waals surface area contributed by atoms with E-state index in [2.05, 4.69) is 24.3 Å². The largest absolute Gasteiger partial charge is 0.493 e. The van der Waals surface area contributed by atoms with Crippen molar-refractivity contribution in [3.8, 4) is 11.5 Å². The molecule has 2 aliphatic rings.